The summed E-state index contributed by atoms with van der Waals surface area (Å²) in [5.41, 5.74) is 1.39. The van der Waals surface area contributed by atoms with E-state index in [0.717, 1.165) is 8.96 Å². The molecule has 0 spiro atoms. The summed E-state index contributed by atoms with van der Waals surface area (Å²) in [6.07, 6.45) is 0. The molecule has 1 fully saturated rings. The van der Waals surface area contributed by atoms with E-state index >= 15 is 0 Å². The van der Waals surface area contributed by atoms with Gasteiger partial charge < -0.3 is 14.2 Å². The van der Waals surface area contributed by atoms with E-state index in [9.17, 15) is 9.59 Å². The van der Waals surface area contributed by atoms with E-state index in [1.807, 2.05) is 48.5 Å². The quantitative estimate of drug-likeness (QED) is 0.549. The molecular formula is C20H17IN2O3. The Balaban J connectivity index is 1.42. The highest BCUT2D eigenvalue weighted by atomic mass is 127. The fourth-order valence-electron chi connectivity index (χ4n) is 3.13. The van der Waals surface area contributed by atoms with Gasteiger partial charge in [-0.25, -0.2) is 0 Å². The standard InChI is InChI=1S/C20H17IN2O3/c21-16-7-5-14(6-8-16)19(24)22-9-11-23(12-10-22)20(25)18-13-15-3-1-2-4-17(15)26-18/h1-8,13H,9-12H2. The number of furan rings is 1. The number of hydrogen-bond acceptors (Lipinski definition) is 3. The molecule has 0 radical (unpaired) electrons. The number of carbonyl (C=O) groups is 2. The van der Waals surface area contributed by atoms with Crippen molar-refractivity contribution in [3.63, 3.8) is 0 Å². The van der Waals surface area contributed by atoms with E-state index in [1.54, 1.807) is 15.9 Å². The van der Waals surface area contributed by atoms with Crippen molar-refractivity contribution in [2.75, 3.05) is 26.2 Å². The van der Waals surface area contributed by atoms with Gasteiger partial charge in [-0.05, 0) is 59.0 Å². The molecule has 0 saturated carbocycles. The Labute approximate surface area is 164 Å². The fourth-order valence-corrected chi connectivity index (χ4v) is 3.49. The number of hydrogen-bond donors (Lipinski definition) is 0. The zero-order valence-corrected chi connectivity index (χ0v) is 16.2. The third kappa shape index (κ3) is 3.33. The molecule has 132 valence electrons. The molecule has 5 nitrogen and oxygen atoms in total. The monoisotopic (exact) mass is 460 g/mol. The molecule has 3 aromatic rings. The first-order valence-corrected chi connectivity index (χ1v) is 9.52. The van der Waals surface area contributed by atoms with Crippen molar-refractivity contribution in [2.24, 2.45) is 0 Å². The summed E-state index contributed by atoms with van der Waals surface area (Å²) >= 11 is 2.22. The predicted octanol–water partition coefficient (Wildman–Crippen LogP) is 3.64. The number of halogens is 1. The van der Waals surface area contributed by atoms with Crippen molar-refractivity contribution < 1.29 is 14.0 Å². The average Bonchev–Trinajstić information content (AvgIpc) is 3.12. The van der Waals surface area contributed by atoms with Crippen LogP contribution in [0, 0.1) is 3.57 Å². The number of fused-ring (bicyclic) bond motifs is 1. The first kappa shape index (κ1) is 17.1. The zero-order chi connectivity index (χ0) is 18.1. The molecule has 26 heavy (non-hydrogen) atoms. The highest BCUT2D eigenvalue weighted by molar-refractivity contribution is 14.1. The lowest BCUT2D eigenvalue weighted by molar-refractivity contribution is 0.0519. The van der Waals surface area contributed by atoms with E-state index in [-0.39, 0.29) is 11.8 Å². The van der Waals surface area contributed by atoms with Crippen LogP contribution in [0.5, 0.6) is 0 Å². The smallest absolute Gasteiger partial charge is 0.289 e. The third-order valence-electron chi connectivity index (χ3n) is 4.58. The topological polar surface area (TPSA) is 53.8 Å². The maximum Gasteiger partial charge on any atom is 0.289 e. The molecule has 1 aliphatic heterocycles. The largest absolute Gasteiger partial charge is 0.451 e. The summed E-state index contributed by atoms with van der Waals surface area (Å²) in [6.45, 7) is 2.06. The number of carbonyl (C=O) groups excluding carboxylic acids is 2. The van der Waals surface area contributed by atoms with Crippen LogP contribution < -0.4 is 0 Å². The van der Waals surface area contributed by atoms with Crippen LogP contribution >= 0.6 is 22.6 Å². The van der Waals surface area contributed by atoms with Crippen LogP contribution in [0.15, 0.2) is 59.0 Å². The minimum Gasteiger partial charge on any atom is -0.451 e. The molecule has 0 unspecified atom stereocenters. The van der Waals surface area contributed by atoms with Gasteiger partial charge in [0.2, 0.25) is 0 Å². The zero-order valence-electron chi connectivity index (χ0n) is 14.0. The third-order valence-corrected chi connectivity index (χ3v) is 5.30. The number of rotatable bonds is 2. The number of nitrogens with zero attached hydrogens (tertiary/aromatic N) is 2. The summed E-state index contributed by atoms with van der Waals surface area (Å²) in [4.78, 5) is 28.8. The molecule has 0 N–H and O–H groups in total. The first-order chi connectivity index (χ1) is 12.6. The Morgan fingerprint density at radius 2 is 1.46 bits per heavy atom. The van der Waals surface area contributed by atoms with Gasteiger partial charge in [0.25, 0.3) is 11.8 Å². The van der Waals surface area contributed by atoms with Crippen LogP contribution in [0.2, 0.25) is 0 Å². The maximum atomic E-state index is 12.7. The molecular weight excluding hydrogens is 443 g/mol. The lowest BCUT2D eigenvalue weighted by Crippen LogP contribution is -2.50. The summed E-state index contributed by atoms with van der Waals surface area (Å²) in [6, 6.07) is 16.9. The van der Waals surface area contributed by atoms with Gasteiger partial charge in [0.05, 0.1) is 0 Å². The SMILES string of the molecule is O=C(c1ccc(I)cc1)N1CCN(C(=O)c2cc3ccccc3o2)CC1. The number of piperazine rings is 1. The molecule has 2 heterocycles. The van der Waals surface area contributed by atoms with Crippen molar-refractivity contribution in [1.82, 2.24) is 9.80 Å². The average molecular weight is 460 g/mol. The Kier molecular flexibility index (Phi) is 4.67. The van der Waals surface area contributed by atoms with Crippen LogP contribution in [0.4, 0.5) is 0 Å². The lowest BCUT2D eigenvalue weighted by atomic mass is 10.2. The molecule has 0 bridgehead atoms. The van der Waals surface area contributed by atoms with Crippen molar-refractivity contribution in [2.45, 2.75) is 0 Å². The molecule has 2 amide bonds. The van der Waals surface area contributed by atoms with Gasteiger partial charge >= 0.3 is 0 Å². The number of amides is 2. The molecule has 4 rings (SSSR count). The van der Waals surface area contributed by atoms with Crippen LogP contribution in [0.25, 0.3) is 11.0 Å². The second kappa shape index (κ2) is 7.11. The van der Waals surface area contributed by atoms with Crippen LogP contribution in [0.1, 0.15) is 20.9 Å². The Morgan fingerprint density at radius 1 is 0.846 bits per heavy atom. The van der Waals surface area contributed by atoms with E-state index in [4.69, 9.17) is 4.42 Å². The van der Waals surface area contributed by atoms with Crippen molar-refractivity contribution in [3.8, 4) is 0 Å². The number of benzene rings is 2. The van der Waals surface area contributed by atoms with Gasteiger partial charge in [0, 0.05) is 40.7 Å². The summed E-state index contributed by atoms with van der Waals surface area (Å²) in [5.74, 6) is 0.239. The molecule has 1 aliphatic rings. The molecule has 0 aliphatic carbocycles. The summed E-state index contributed by atoms with van der Waals surface area (Å²) in [5, 5.41) is 0.920. The van der Waals surface area contributed by atoms with Gasteiger partial charge in [-0.3, -0.25) is 9.59 Å². The van der Waals surface area contributed by atoms with Gasteiger partial charge in [-0.1, -0.05) is 18.2 Å². The van der Waals surface area contributed by atoms with Gasteiger partial charge in [-0.2, -0.15) is 0 Å². The predicted molar refractivity (Wildman–Crippen MR) is 107 cm³/mol. The second-order valence-electron chi connectivity index (χ2n) is 6.24. The van der Waals surface area contributed by atoms with Gasteiger partial charge in [-0.15, -0.1) is 0 Å². The van der Waals surface area contributed by atoms with E-state index in [1.165, 1.54) is 0 Å². The fraction of sp³-hybridized carbons (Fsp3) is 0.200. The van der Waals surface area contributed by atoms with E-state index < -0.39 is 0 Å². The van der Waals surface area contributed by atoms with Crippen molar-refractivity contribution in [1.29, 1.82) is 0 Å². The summed E-state index contributed by atoms with van der Waals surface area (Å²) < 4.78 is 6.76. The first-order valence-electron chi connectivity index (χ1n) is 8.44. The van der Waals surface area contributed by atoms with Gasteiger partial charge in [0.15, 0.2) is 5.76 Å². The Bertz CT molecular complexity index is 924. The minimum atomic E-state index is -0.123. The lowest BCUT2D eigenvalue weighted by Gasteiger charge is -2.34. The normalized spacial score (nSPS) is 14.7. The highest BCUT2D eigenvalue weighted by Gasteiger charge is 2.27. The maximum absolute atomic E-state index is 12.7. The van der Waals surface area contributed by atoms with Gasteiger partial charge in [0.1, 0.15) is 5.58 Å². The van der Waals surface area contributed by atoms with Crippen molar-refractivity contribution in [3.05, 3.63) is 69.5 Å². The molecule has 0 atom stereocenters. The summed E-state index contributed by atoms with van der Waals surface area (Å²) in [7, 11) is 0. The van der Waals surface area contributed by atoms with Crippen molar-refractivity contribution >= 4 is 45.4 Å². The second-order valence-corrected chi connectivity index (χ2v) is 7.49. The van der Waals surface area contributed by atoms with E-state index in [2.05, 4.69) is 22.6 Å². The Hall–Kier alpha value is -2.35. The molecule has 6 heteroatoms. The molecule has 1 saturated heterocycles. The van der Waals surface area contributed by atoms with Crippen LogP contribution in [-0.2, 0) is 0 Å². The molecule has 1 aromatic heterocycles. The highest BCUT2D eigenvalue weighted by Crippen LogP contribution is 2.21. The van der Waals surface area contributed by atoms with E-state index in [0.29, 0.717) is 43.1 Å². The molecule has 2 aromatic carbocycles. The minimum absolute atomic E-state index is 0.0113. The van der Waals surface area contributed by atoms with Crippen LogP contribution in [0.3, 0.4) is 0 Å². The number of para-hydroxylation sites is 1. The van der Waals surface area contributed by atoms with Crippen LogP contribution in [-0.4, -0.2) is 47.8 Å². The Morgan fingerprint density at radius 3 is 2.12 bits per heavy atom.